The highest BCUT2D eigenvalue weighted by Crippen LogP contribution is 2.16. The number of hydrogen-bond acceptors (Lipinski definition) is 4. The lowest BCUT2D eigenvalue weighted by molar-refractivity contribution is 0.0322. The molecule has 3 nitrogen and oxygen atoms in total. The Hall–Kier alpha value is -0.860. The van der Waals surface area contributed by atoms with Crippen LogP contribution in [0.25, 0.3) is 0 Å². The molecule has 0 spiro atoms. The molecule has 0 atom stereocenters. The Labute approximate surface area is 113 Å². The van der Waals surface area contributed by atoms with Crippen LogP contribution in [-0.2, 0) is 16.1 Å². The molecule has 18 heavy (non-hydrogen) atoms. The standard InChI is InChI=1S/C14H21NO2S/c1-12(2)10-16-8-9-17-11-14-6-5-13(18-14)4-3-7-15/h5-6,12H,7-11,15H2,1-2H3. The fourth-order valence-corrected chi connectivity index (χ4v) is 2.09. The van der Waals surface area contributed by atoms with Crippen LogP contribution in [0.15, 0.2) is 12.1 Å². The Bertz CT molecular complexity index is 390. The van der Waals surface area contributed by atoms with Gasteiger partial charge in [0.05, 0.1) is 31.2 Å². The Balaban J connectivity index is 2.14. The zero-order valence-electron chi connectivity index (χ0n) is 11.1. The fraction of sp³-hybridized carbons (Fsp3) is 0.571. The maximum absolute atomic E-state index is 5.53. The van der Waals surface area contributed by atoms with E-state index in [4.69, 9.17) is 15.2 Å². The number of nitrogens with two attached hydrogens (primary N) is 1. The van der Waals surface area contributed by atoms with Gasteiger partial charge in [-0.25, -0.2) is 0 Å². The molecule has 0 unspecified atom stereocenters. The summed E-state index contributed by atoms with van der Waals surface area (Å²) in [7, 11) is 0. The predicted molar refractivity (Wildman–Crippen MR) is 75.6 cm³/mol. The van der Waals surface area contributed by atoms with Crippen LogP contribution in [0.2, 0.25) is 0 Å². The summed E-state index contributed by atoms with van der Waals surface area (Å²) in [6, 6.07) is 4.04. The molecule has 1 rings (SSSR count). The van der Waals surface area contributed by atoms with Crippen LogP contribution >= 0.6 is 11.3 Å². The van der Waals surface area contributed by atoms with Gasteiger partial charge in [0, 0.05) is 11.5 Å². The zero-order valence-corrected chi connectivity index (χ0v) is 11.9. The van der Waals surface area contributed by atoms with E-state index in [2.05, 4.69) is 25.7 Å². The van der Waals surface area contributed by atoms with Crippen LogP contribution < -0.4 is 5.73 Å². The molecule has 100 valence electrons. The topological polar surface area (TPSA) is 44.5 Å². The first-order valence-corrected chi connectivity index (χ1v) is 6.97. The summed E-state index contributed by atoms with van der Waals surface area (Å²) in [4.78, 5) is 2.22. The summed E-state index contributed by atoms with van der Waals surface area (Å²) in [6.45, 7) is 7.38. The second kappa shape index (κ2) is 9.12. The minimum Gasteiger partial charge on any atom is -0.379 e. The van der Waals surface area contributed by atoms with Crippen LogP contribution in [0.4, 0.5) is 0 Å². The Morgan fingerprint density at radius 3 is 2.78 bits per heavy atom. The molecular formula is C14H21NO2S. The average Bonchev–Trinajstić information content (AvgIpc) is 2.78. The fourth-order valence-electron chi connectivity index (χ4n) is 1.27. The highest BCUT2D eigenvalue weighted by atomic mass is 32.1. The molecule has 1 heterocycles. The highest BCUT2D eigenvalue weighted by Gasteiger charge is 1.98. The highest BCUT2D eigenvalue weighted by molar-refractivity contribution is 7.12. The van der Waals surface area contributed by atoms with Crippen LogP contribution in [0.1, 0.15) is 23.6 Å². The van der Waals surface area contributed by atoms with Gasteiger partial charge in [-0.2, -0.15) is 0 Å². The summed E-state index contributed by atoms with van der Waals surface area (Å²) in [5.74, 6) is 6.43. The van der Waals surface area contributed by atoms with Crippen molar-refractivity contribution in [3.05, 3.63) is 21.9 Å². The summed E-state index contributed by atoms with van der Waals surface area (Å²) in [5.41, 5.74) is 5.32. The summed E-state index contributed by atoms with van der Waals surface area (Å²) < 4.78 is 11.0. The van der Waals surface area contributed by atoms with E-state index in [0.717, 1.165) is 11.5 Å². The average molecular weight is 267 g/mol. The quantitative estimate of drug-likeness (QED) is 0.609. The van der Waals surface area contributed by atoms with Crippen molar-refractivity contribution in [1.29, 1.82) is 0 Å². The number of rotatable bonds is 7. The first kappa shape index (κ1) is 15.2. The molecule has 2 N–H and O–H groups in total. The van der Waals surface area contributed by atoms with Gasteiger partial charge in [0.15, 0.2) is 0 Å². The van der Waals surface area contributed by atoms with Crippen LogP contribution in [-0.4, -0.2) is 26.4 Å². The van der Waals surface area contributed by atoms with E-state index in [1.54, 1.807) is 11.3 Å². The maximum Gasteiger partial charge on any atom is 0.0810 e. The second-order valence-electron chi connectivity index (χ2n) is 4.29. The van der Waals surface area contributed by atoms with Crippen molar-refractivity contribution >= 4 is 11.3 Å². The van der Waals surface area contributed by atoms with Crippen molar-refractivity contribution in [3.8, 4) is 11.8 Å². The molecule has 0 amide bonds. The third-order valence-corrected chi connectivity index (χ3v) is 3.02. The lowest BCUT2D eigenvalue weighted by Crippen LogP contribution is -2.08. The summed E-state index contributed by atoms with van der Waals surface area (Å²) in [6.07, 6.45) is 0. The van der Waals surface area contributed by atoms with Gasteiger partial charge in [-0.05, 0) is 18.1 Å². The first-order chi connectivity index (χ1) is 8.72. The second-order valence-corrected chi connectivity index (χ2v) is 5.46. The van der Waals surface area contributed by atoms with Crippen molar-refractivity contribution in [2.75, 3.05) is 26.4 Å². The van der Waals surface area contributed by atoms with Gasteiger partial charge < -0.3 is 15.2 Å². The van der Waals surface area contributed by atoms with Crippen LogP contribution in [0, 0.1) is 17.8 Å². The normalized spacial score (nSPS) is 10.4. The van der Waals surface area contributed by atoms with Crippen LogP contribution in [0.3, 0.4) is 0 Å². The van der Waals surface area contributed by atoms with Crippen LogP contribution in [0.5, 0.6) is 0 Å². The molecule has 1 aromatic heterocycles. The van der Waals surface area contributed by atoms with E-state index in [1.807, 2.05) is 12.1 Å². The third kappa shape index (κ3) is 6.77. The molecule has 0 radical (unpaired) electrons. The summed E-state index contributed by atoms with van der Waals surface area (Å²) >= 11 is 1.65. The van der Waals surface area contributed by atoms with Gasteiger partial charge in [0.2, 0.25) is 0 Å². The zero-order chi connectivity index (χ0) is 13.2. The van der Waals surface area contributed by atoms with E-state index in [0.29, 0.717) is 32.3 Å². The lowest BCUT2D eigenvalue weighted by atomic mass is 10.2. The largest absolute Gasteiger partial charge is 0.379 e. The SMILES string of the molecule is CC(C)COCCOCc1ccc(C#CCN)s1. The molecule has 0 aliphatic rings. The van der Waals surface area contributed by atoms with Crippen molar-refractivity contribution in [2.24, 2.45) is 11.7 Å². The van der Waals surface area contributed by atoms with Gasteiger partial charge >= 0.3 is 0 Å². The molecule has 0 bridgehead atoms. The van der Waals surface area contributed by atoms with Crippen molar-refractivity contribution in [3.63, 3.8) is 0 Å². The number of ether oxygens (including phenoxy) is 2. The van der Waals surface area contributed by atoms with E-state index in [1.165, 1.54) is 4.88 Å². The Morgan fingerprint density at radius 2 is 2.06 bits per heavy atom. The third-order valence-electron chi connectivity index (χ3n) is 2.04. The molecule has 0 aromatic carbocycles. The molecule has 0 saturated heterocycles. The lowest BCUT2D eigenvalue weighted by Gasteiger charge is -2.06. The molecule has 4 heteroatoms. The molecule has 0 aliphatic carbocycles. The molecular weight excluding hydrogens is 246 g/mol. The monoisotopic (exact) mass is 267 g/mol. The Morgan fingerprint density at radius 1 is 1.28 bits per heavy atom. The number of thiophene rings is 1. The summed E-state index contributed by atoms with van der Waals surface area (Å²) in [5, 5.41) is 0. The minimum atomic E-state index is 0.400. The van der Waals surface area contributed by atoms with Crippen molar-refractivity contribution < 1.29 is 9.47 Å². The molecule has 0 aliphatic heterocycles. The Kier molecular flexibility index (Phi) is 7.70. The van der Waals surface area contributed by atoms with Gasteiger partial charge in [-0.15, -0.1) is 11.3 Å². The van der Waals surface area contributed by atoms with E-state index in [9.17, 15) is 0 Å². The van der Waals surface area contributed by atoms with Gasteiger partial charge in [-0.3, -0.25) is 0 Å². The van der Waals surface area contributed by atoms with Crippen molar-refractivity contribution in [2.45, 2.75) is 20.5 Å². The first-order valence-electron chi connectivity index (χ1n) is 6.15. The van der Waals surface area contributed by atoms with E-state index >= 15 is 0 Å². The minimum absolute atomic E-state index is 0.400. The van der Waals surface area contributed by atoms with Gasteiger partial charge in [0.1, 0.15) is 0 Å². The van der Waals surface area contributed by atoms with E-state index < -0.39 is 0 Å². The predicted octanol–water partition coefficient (Wildman–Crippen LogP) is 2.25. The van der Waals surface area contributed by atoms with E-state index in [-0.39, 0.29) is 0 Å². The number of hydrogen-bond donors (Lipinski definition) is 1. The molecule has 0 fully saturated rings. The van der Waals surface area contributed by atoms with Gasteiger partial charge in [-0.1, -0.05) is 25.7 Å². The maximum atomic E-state index is 5.53. The molecule has 0 saturated carbocycles. The van der Waals surface area contributed by atoms with Gasteiger partial charge in [0.25, 0.3) is 0 Å². The smallest absolute Gasteiger partial charge is 0.0810 e. The molecule has 1 aromatic rings. The van der Waals surface area contributed by atoms with Crippen molar-refractivity contribution in [1.82, 2.24) is 0 Å².